The zero-order valence-electron chi connectivity index (χ0n) is 17.7. The van der Waals surface area contributed by atoms with E-state index in [-0.39, 0.29) is 32.7 Å². The Hall–Kier alpha value is -3.62. The van der Waals surface area contributed by atoms with Crippen LogP contribution in [0.4, 0.5) is 5.69 Å². The van der Waals surface area contributed by atoms with Crippen molar-refractivity contribution in [3.05, 3.63) is 75.7 Å². The summed E-state index contributed by atoms with van der Waals surface area (Å²) in [4.78, 5) is 27.6. The summed E-state index contributed by atoms with van der Waals surface area (Å²) in [6.45, 7) is 0.770. The van der Waals surface area contributed by atoms with Gasteiger partial charge in [0.05, 0.1) is 29.0 Å². The SMILES string of the molecule is COc1c(Cl)cc(/C(O)=C2/C(=O)C(=O)N(c3ccc4c(c3)OCCO4)C2c2ccco2)cc1Cl. The van der Waals surface area contributed by atoms with E-state index in [0.717, 1.165) is 0 Å². The van der Waals surface area contributed by atoms with Crippen LogP contribution in [0.5, 0.6) is 17.2 Å². The number of nitrogens with zero attached hydrogens (tertiary/aromatic N) is 1. The number of carbonyl (C=O) groups is 2. The number of fused-ring (bicyclic) bond motifs is 1. The second kappa shape index (κ2) is 8.62. The van der Waals surface area contributed by atoms with Crippen LogP contribution in [0.3, 0.4) is 0 Å². The van der Waals surface area contributed by atoms with Crippen molar-refractivity contribution in [1.29, 1.82) is 0 Å². The van der Waals surface area contributed by atoms with E-state index < -0.39 is 23.5 Å². The third-order valence-electron chi connectivity index (χ3n) is 5.54. The van der Waals surface area contributed by atoms with Crippen molar-refractivity contribution in [3.8, 4) is 17.2 Å². The van der Waals surface area contributed by atoms with Gasteiger partial charge in [0.2, 0.25) is 0 Å². The average molecular weight is 502 g/mol. The molecule has 1 amide bonds. The summed E-state index contributed by atoms with van der Waals surface area (Å²) in [6, 6.07) is 9.90. The van der Waals surface area contributed by atoms with Crippen molar-refractivity contribution in [3.63, 3.8) is 0 Å². The molecule has 5 rings (SSSR count). The number of methoxy groups -OCH3 is 1. The molecule has 10 heteroatoms. The fourth-order valence-electron chi connectivity index (χ4n) is 4.04. The molecular weight excluding hydrogens is 485 g/mol. The van der Waals surface area contributed by atoms with Crippen LogP contribution in [0.25, 0.3) is 5.76 Å². The lowest BCUT2D eigenvalue weighted by Crippen LogP contribution is -2.29. The number of ketones is 1. The first-order valence-electron chi connectivity index (χ1n) is 10.2. The molecular formula is C24H17Cl2NO7. The number of hydrogen-bond donors (Lipinski definition) is 1. The van der Waals surface area contributed by atoms with Gasteiger partial charge in [0.25, 0.3) is 11.7 Å². The van der Waals surface area contributed by atoms with E-state index in [1.165, 1.54) is 30.4 Å². The summed E-state index contributed by atoms with van der Waals surface area (Å²) >= 11 is 12.5. The first kappa shape index (κ1) is 22.2. The number of furan rings is 1. The summed E-state index contributed by atoms with van der Waals surface area (Å²) in [5.74, 6) is -0.713. The highest BCUT2D eigenvalue weighted by molar-refractivity contribution is 6.51. The Morgan fingerprint density at radius 2 is 1.76 bits per heavy atom. The van der Waals surface area contributed by atoms with Gasteiger partial charge >= 0.3 is 0 Å². The highest BCUT2D eigenvalue weighted by atomic mass is 35.5. The van der Waals surface area contributed by atoms with E-state index in [4.69, 9.17) is 41.8 Å². The predicted molar refractivity (Wildman–Crippen MR) is 124 cm³/mol. The molecule has 0 spiro atoms. The summed E-state index contributed by atoms with van der Waals surface area (Å²) in [5, 5.41) is 11.4. The summed E-state index contributed by atoms with van der Waals surface area (Å²) in [5.41, 5.74) is 0.345. The number of Topliss-reactive ketones (excluding diaryl/α,β-unsaturated/α-hetero) is 1. The smallest absolute Gasteiger partial charge is 0.300 e. The third-order valence-corrected chi connectivity index (χ3v) is 6.10. The lowest BCUT2D eigenvalue weighted by Gasteiger charge is -2.25. The normalized spacial score (nSPS) is 18.9. The Labute approximate surface area is 203 Å². The number of aliphatic hydroxyl groups is 1. The molecule has 8 nitrogen and oxygen atoms in total. The maximum atomic E-state index is 13.2. The predicted octanol–water partition coefficient (Wildman–Crippen LogP) is 4.99. The molecule has 1 aromatic heterocycles. The number of anilines is 1. The van der Waals surface area contributed by atoms with Crippen LogP contribution in [0.15, 0.2) is 58.7 Å². The quantitative estimate of drug-likeness (QED) is 0.305. The van der Waals surface area contributed by atoms with Gasteiger partial charge in [0, 0.05) is 17.3 Å². The topological polar surface area (TPSA) is 98.4 Å². The number of carbonyl (C=O) groups excluding carboxylic acids is 2. The lowest BCUT2D eigenvalue weighted by atomic mass is 9.99. The molecule has 1 fully saturated rings. The van der Waals surface area contributed by atoms with Crippen LogP contribution in [0, 0.1) is 0 Å². The number of hydrogen-bond acceptors (Lipinski definition) is 7. The highest BCUT2D eigenvalue weighted by Crippen LogP contribution is 2.45. The van der Waals surface area contributed by atoms with Gasteiger partial charge in [-0.3, -0.25) is 14.5 Å². The Balaban J connectivity index is 1.68. The van der Waals surface area contributed by atoms with Crippen molar-refractivity contribution in [2.75, 3.05) is 25.2 Å². The molecule has 0 bridgehead atoms. The van der Waals surface area contributed by atoms with Crippen LogP contribution >= 0.6 is 23.2 Å². The van der Waals surface area contributed by atoms with E-state index >= 15 is 0 Å². The summed E-state index contributed by atoms with van der Waals surface area (Å²) < 4.78 is 21.9. The zero-order valence-corrected chi connectivity index (χ0v) is 19.2. The Morgan fingerprint density at radius 3 is 2.41 bits per heavy atom. The summed E-state index contributed by atoms with van der Waals surface area (Å²) in [7, 11) is 1.41. The fourth-order valence-corrected chi connectivity index (χ4v) is 4.69. The van der Waals surface area contributed by atoms with E-state index in [1.54, 1.807) is 30.3 Å². The highest BCUT2D eigenvalue weighted by Gasteiger charge is 2.48. The van der Waals surface area contributed by atoms with Gasteiger partial charge in [-0.2, -0.15) is 0 Å². The molecule has 2 aromatic carbocycles. The van der Waals surface area contributed by atoms with E-state index in [2.05, 4.69) is 0 Å². The van der Waals surface area contributed by atoms with E-state index in [0.29, 0.717) is 30.4 Å². The standard InChI is InChI=1S/C24H17Cl2NO7/c1-31-23-14(25)9-12(10-15(23)26)21(28)19-20(17-3-2-6-32-17)27(24(30)22(19)29)13-4-5-16-18(11-13)34-8-7-33-16/h2-6,9-11,20,28H,7-8H2,1H3/b21-19-. The number of rotatable bonds is 4. The molecule has 0 aliphatic carbocycles. The second-order valence-corrected chi connectivity index (χ2v) is 8.30. The Bertz CT molecular complexity index is 1310. The molecule has 1 N–H and O–H groups in total. The van der Waals surface area contributed by atoms with Gasteiger partial charge in [0.1, 0.15) is 30.8 Å². The monoisotopic (exact) mass is 501 g/mol. The Morgan fingerprint density at radius 1 is 1.06 bits per heavy atom. The zero-order chi connectivity index (χ0) is 24.0. The molecule has 0 radical (unpaired) electrons. The molecule has 1 saturated heterocycles. The van der Waals surface area contributed by atoms with Crippen molar-refractivity contribution < 1.29 is 33.3 Å². The summed E-state index contributed by atoms with van der Waals surface area (Å²) in [6.07, 6.45) is 1.42. The van der Waals surface area contributed by atoms with Crippen molar-refractivity contribution >= 4 is 46.3 Å². The molecule has 0 saturated carbocycles. The lowest BCUT2D eigenvalue weighted by molar-refractivity contribution is -0.132. The molecule has 2 aliphatic rings. The maximum Gasteiger partial charge on any atom is 0.300 e. The maximum absolute atomic E-state index is 13.2. The molecule has 1 atom stereocenters. The van der Waals surface area contributed by atoms with Crippen LogP contribution in [-0.4, -0.2) is 37.1 Å². The third kappa shape index (κ3) is 3.55. The average Bonchev–Trinajstić information content (AvgIpc) is 3.45. The minimum absolute atomic E-state index is 0.132. The fraction of sp³-hybridized carbons (Fsp3) is 0.167. The van der Waals surface area contributed by atoms with E-state index in [9.17, 15) is 14.7 Å². The largest absolute Gasteiger partial charge is 0.507 e. The van der Waals surface area contributed by atoms with Gasteiger partial charge in [-0.05, 0) is 36.4 Å². The number of ether oxygens (including phenoxy) is 3. The van der Waals surface area contributed by atoms with Crippen LogP contribution in [-0.2, 0) is 9.59 Å². The molecule has 34 heavy (non-hydrogen) atoms. The van der Waals surface area contributed by atoms with Crippen molar-refractivity contribution in [2.24, 2.45) is 0 Å². The van der Waals surface area contributed by atoms with Crippen LogP contribution < -0.4 is 19.1 Å². The first-order valence-corrected chi connectivity index (χ1v) is 10.9. The van der Waals surface area contributed by atoms with Gasteiger partial charge in [-0.25, -0.2) is 0 Å². The van der Waals surface area contributed by atoms with Gasteiger partial charge in [-0.15, -0.1) is 0 Å². The van der Waals surface area contributed by atoms with E-state index in [1.807, 2.05) is 0 Å². The second-order valence-electron chi connectivity index (χ2n) is 7.49. The van der Waals surface area contributed by atoms with Gasteiger partial charge in [0.15, 0.2) is 17.2 Å². The first-order chi connectivity index (χ1) is 16.4. The van der Waals surface area contributed by atoms with Gasteiger partial charge < -0.3 is 23.7 Å². The number of halogens is 2. The van der Waals surface area contributed by atoms with Crippen molar-refractivity contribution in [2.45, 2.75) is 6.04 Å². The van der Waals surface area contributed by atoms with Gasteiger partial charge in [-0.1, -0.05) is 23.2 Å². The van der Waals surface area contributed by atoms with Crippen LogP contribution in [0.1, 0.15) is 17.4 Å². The molecule has 3 heterocycles. The molecule has 2 aliphatic heterocycles. The molecule has 3 aromatic rings. The number of amides is 1. The molecule has 174 valence electrons. The number of aliphatic hydroxyl groups excluding tert-OH is 1. The van der Waals surface area contributed by atoms with Crippen molar-refractivity contribution in [1.82, 2.24) is 0 Å². The van der Waals surface area contributed by atoms with Crippen LogP contribution in [0.2, 0.25) is 10.0 Å². The molecule has 1 unspecified atom stereocenters. The minimum atomic E-state index is -1.04. The number of benzene rings is 2. The Kier molecular flexibility index (Phi) is 5.63. The minimum Gasteiger partial charge on any atom is -0.507 e.